The van der Waals surface area contributed by atoms with Crippen molar-refractivity contribution in [1.82, 2.24) is 24.5 Å². The van der Waals surface area contributed by atoms with Crippen molar-refractivity contribution >= 4 is 5.52 Å². The molecule has 3 heterocycles. The quantitative estimate of drug-likeness (QED) is 0.528. The van der Waals surface area contributed by atoms with E-state index in [-0.39, 0.29) is 29.0 Å². The van der Waals surface area contributed by atoms with Gasteiger partial charge in [0.1, 0.15) is 17.5 Å². The highest BCUT2D eigenvalue weighted by molar-refractivity contribution is 5.64. The van der Waals surface area contributed by atoms with E-state index in [1.54, 1.807) is 18.2 Å². The summed E-state index contributed by atoms with van der Waals surface area (Å²) in [6.07, 6.45) is 1.47. The molecule has 4 aromatic rings. The summed E-state index contributed by atoms with van der Waals surface area (Å²) in [6.45, 7) is 6.26. The Morgan fingerprint density at radius 3 is 2.62 bits per heavy atom. The number of nitrogens with one attached hydrogen (secondary N) is 1. The lowest BCUT2D eigenvalue weighted by Crippen LogP contribution is -2.23. The van der Waals surface area contributed by atoms with Crippen LogP contribution in [-0.4, -0.2) is 37.6 Å². The largest absolute Gasteiger partial charge is 0.307 e. The lowest BCUT2D eigenvalue weighted by atomic mass is 9.97. The molecular formula is C24H23F2N5O. The van der Waals surface area contributed by atoms with Crippen molar-refractivity contribution in [2.24, 2.45) is 5.92 Å². The molecule has 2 aromatic carbocycles. The first-order valence-electron chi connectivity index (χ1n) is 10.6. The molecule has 0 aliphatic carbocycles. The monoisotopic (exact) mass is 435 g/mol. The van der Waals surface area contributed by atoms with Crippen molar-refractivity contribution in [3.8, 4) is 11.4 Å². The summed E-state index contributed by atoms with van der Waals surface area (Å²) in [5.74, 6) is 0.702. The number of hydrogen-bond acceptors (Lipinski definition) is 4. The van der Waals surface area contributed by atoms with Crippen LogP contribution in [0, 0.1) is 24.5 Å². The first-order chi connectivity index (χ1) is 15.4. The zero-order chi connectivity index (χ0) is 22.4. The van der Waals surface area contributed by atoms with E-state index < -0.39 is 0 Å². The molecule has 2 atom stereocenters. The zero-order valence-electron chi connectivity index (χ0n) is 17.8. The van der Waals surface area contributed by atoms with Gasteiger partial charge in [-0.05, 0) is 48.2 Å². The lowest BCUT2D eigenvalue weighted by molar-refractivity contribution is 0.318. The average Bonchev–Trinajstić information content (AvgIpc) is 3.35. The van der Waals surface area contributed by atoms with Gasteiger partial charge in [-0.15, -0.1) is 0 Å². The van der Waals surface area contributed by atoms with Gasteiger partial charge in [0.2, 0.25) is 0 Å². The van der Waals surface area contributed by atoms with Crippen molar-refractivity contribution in [3.63, 3.8) is 0 Å². The molecule has 1 aliphatic heterocycles. The topological polar surface area (TPSA) is 66.3 Å². The molecule has 2 unspecified atom stereocenters. The van der Waals surface area contributed by atoms with Gasteiger partial charge < -0.3 is 4.98 Å². The summed E-state index contributed by atoms with van der Waals surface area (Å²) in [6, 6.07) is 11.0. The van der Waals surface area contributed by atoms with Crippen LogP contribution in [0.4, 0.5) is 8.78 Å². The van der Waals surface area contributed by atoms with Crippen LogP contribution in [0.1, 0.15) is 29.8 Å². The van der Waals surface area contributed by atoms with Crippen molar-refractivity contribution in [1.29, 1.82) is 0 Å². The van der Waals surface area contributed by atoms with Crippen LogP contribution in [0.2, 0.25) is 0 Å². The normalized spacial score (nSPS) is 19.1. The molecular weight excluding hydrogens is 412 g/mol. The minimum atomic E-state index is -0.367. The Morgan fingerprint density at radius 1 is 1.09 bits per heavy atom. The summed E-state index contributed by atoms with van der Waals surface area (Å²) in [7, 11) is 0. The summed E-state index contributed by atoms with van der Waals surface area (Å²) in [4.78, 5) is 22.4. The summed E-state index contributed by atoms with van der Waals surface area (Å²) >= 11 is 0. The van der Waals surface area contributed by atoms with Gasteiger partial charge in [0.25, 0.3) is 5.56 Å². The van der Waals surface area contributed by atoms with E-state index in [9.17, 15) is 13.6 Å². The van der Waals surface area contributed by atoms with Gasteiger partial charge in [0.15, 0.2) is 11.3 Å². The molecule has 2 aromatic heterocycles. The molecule has 1 N–H and O–H groups in total. The third-order valence-corrected chi connectivity index (χ3v) is 6.22. The maximum atomic E-state index is 13.9. The highest BCUT2D eigenvalue weighted by Gasteiger charge is 2.33. The van der Waals surface area contributed by atoms with Crippen LogP contribution in [0.15, 0.2) is 53.5 Å². The predicted molar refractivity (Wildman–Crippen MR) is 117 cm³/mol. The van der Waals surface area contributed by atoms with Crippen molar-refractivity contribution in [2.75, 3.05) is 13.1 Å². The van der Waals surface area contributed by atoms with Gasteiger partial charge in [0.05, 0.1) is 6.20 Å². The van der Waals surface area contributed by atoms with Crippen LogP contribution >= 0.6 is 0 Å². The van der Waals surface area contributed by atoms with Gasteiger partial charge in [-0.1, -0.05) is 25.1 Å². The Balaban J connectivity index is 1.48. The Morgan fingerprint density at radius 2 is 1.84 bits per heavy atom. The smallest absolute Gasteiger partial charge is 0.276 e. The maximum absolute atomic E-state index is 13.9. The minimum Gasteiger partial charge on any atom is -0.307 e. The first kappa shape index (κ1) is 20.5. The molecule has 6 nitrogen and oxygen atoms in total. The third-order valence-electron chi connectivity index (χ3n) is 6.22. The zero-order valence-corrected chi connectivity index (χ0v) is 17.8. The van der Waals surface area contributed by atoms with Gasteiger partial charge >= 0.3 is 0 Å². The number of aromatic amines is 1. The van der Waals surface area contributed by atoms with Gasteiger partial charge in [0, 0.05) is 31.1 Å². The van der Waals surface area contributed by atoms with Crippen molar-refractivity contribution < 1.29 is 8.78 Å². The van der Waals surface area contributed by atoms with Crippen molar-refractivity contribution in [3.05, 3.63) is 87.6 Å². The number of nitrogens with zero attached hydrogens (tertiary/aromatic N) is 4. The fourth-order valence-electron chi connectivity index (χ4n) is 4.50. The molecule has 1 aliphatic rings. The number of halogens is 2. The predicted octanol–water partition coefficient (Wildman–Crippen LogP) is 3.91. The standard InChI is InChI=1S/C24H23F2N5O/c1-14-3-6-18(26)9-19(14)23-27-10-21-24(32)28-22(29-31(21)23)20-13-30(11-15(20)2)12-16-4-7-17(25)8-5-16/h3-10,15,20H,11-13H2,1-2H3,(H,28,29,32). The molecule has 0 amide bonds. The highest BCUT2D eigenvalue weighted by atomic mass is 19.1. The van der Waals surface area contributed by atoms with Gasteiger partial charge in [-0.25, -0.2) is 18.3 Å². The van der Waals surface area contributed by atoms with E-state index in [2.05, 4.69) is 21.8 Å². The first-order valence-corrected chi connectivity index (χ1v) is 10.6. The van der Waals surface area contributed by atoms with Crippen LogP contribution in [0.3, 0.4) is 0 Å². The van der Waals surface area contributed by atoms with Crippen LogP contribution < -0.4 is 5.56 Å². The second-order valence-corrected chi connectivity index (χ2v) is 8.58. The number of aryl methyl sites for hydroxylation is 1. The maximum Gasteiger partial charge on any atom is 0.276 e. The Labute approximate surface area is 183 Å². The number of aromatic nitrogens is 4. The molecule has 0 spiro atoms. The van der Waals surface area contributed by atoms with Crippen LogP contribution in [0.5, 0.6) is 0 Å². The van der Waals surface area contributed by atoms with E-state index in [0.29, 0.717) is 29.3 Å². The number of imidazole rings is 1. The second kappa shape index (κ2) is 7.94. The van der Waals surface area contributed by atoms with E-state index >= 15 is 0 Å². The number of H-pyrrole nitrogens is 1. The van der Waals surface area contributed by atoms with E-state index in [1.165, 1.54) is 35.0 Å². The number of fused-ring (bicyclic) bond motifs is 1. The molecule has 0 radical (unpaired) electrons. The number of hydrogen-bond donors (Lipinski definition) is 1. The van der Waals surface area contributed by atoms with E-state index in [0.717, 1.165) is 24.2 Å². The van der Waals surface area contributed by atoms with Gasteiger partial charge in [-0.2, -0.15) is 5.10 Å². The third kappa shape index (κ3) is 3.71. The van der Waals surface area contributed by atoms with E-state index in [4.69, 9.17) is 5.10 Å². The Kier molecular flexibility index (Phi) is 5.09. The van der Waals surface area contributed by atoms with Crippen molar-refractivity contribution in [2.45, 2.75) is 26.3 Å². The number of rotatable bonds is 4. The molecule has 1 fully saturated rings. The molecule has 0 saturated carbocycles. The minimum absolute atomic E-state index is 0.0244. The molecule has 1 saturated heterocycles. The second-order valence-electron chi connectivity index (χ2n) is 8.58. The summed E-state index contributed by atoms with van der Waals surface area (Å²) in [5.41, 5.74) is 2.54. The molecule has 0 bridgehead atoms. The highest BCUT2D eigenvalue weighted by Crippen LogP contribution is 2.31. The lowest BCUT2D eigenvalue weighted by Gasteiger charge is -2.16. The fraction of sp³-hybridized carbons (Fsp3) is 0.292. The number of likely N-dealkylation sites (tertiary alicyclic amines) is 1. The Hall–Kier alpha value is -3.39. The van der Waals surface area contributed by atoms with Gasteiger partial charge in [-0.3, -0.25) is 9.69 Å². The van der Waals surface area contributed by atoms with E-state index in [1.807, 2.05) is 6.92 Å². The van der Waals surface area contributed by atoms with Crippen LogP contribution in [-0.2, 0) is 6.54 Å². The molecule has 32 heavy (non-hydrogen) atoms. The van der Waals surface area contributed by atoms with Crippen LogP contribution in [0.25, 0.3) is 16.9 Å². The SMILES string of the molecule is Cc1ccc(F)cc1-c1ncc2c(=O)[nH]c(C3CN(Cc4ccc(F)cc4)CC3C)nn12. The summed E-state index contributed by atoms with van der Waals surface area (Å²) in [5, 5.41) is 4.73. The summed E-state index contributed by atoms with van der Waals surface area (Å²) < 4.78 is 28.6. The fourth-order valence-corrected chi connectivity index (χ4v) is 4.50. The number of benzene rings is 2. The average molecular weight is 435 g/mol. The molecule has 164 valence electrons. The molecule has 8 heteroatoms. The Bertz CT molecular complexity index is 1350. The molecule has 5 rings (SSSR count).